The first-order chi connectivity index (χ1) is 16.3. The molecule has 1 unspecified atom stereocenters. The van der Waals surface area contributed by atoms with Gasteiger partial charge in [-0.15, -0.1) is 0 Å². The lowest BCUT2D eigenvalue weighted by Gasteiger charge is -2.31. The first kappa shape index (κ1) is 22.2. The maximum absolute atomic E-state index is 6.18. The molecule has 0 amide bonds. The van der Waals surface area contributed by atoms with Crippen molar-refractivity contribution in [3.05, 3.63) is 78.2 Å². The van der Waals surface area contributed by atoms with Gasteiger partial charge in [0.05, 0.1) is 18.8 Å². The number of methoxy groups -OCH3 is 1. The van der Waals surface area contributed by atoms with Crippen molar-refractivity contribution in [2.45, 2.75) is 45.1 Å². The number of hydrogen-bond acceptors (Lipinski definition) is 7. The minimum atomic E-state index is -0.441. The SMILES string of the molecule is COc1cncc(-c2ccc(C(c3ccc(-c4noc(C5(N)CC5)n4)cn3)C(C)(C)C)cc2)c1. The van der Waals surface area contributed by atoms with E-state index in [4.69, 9.17) is 20.0 Å². The van der Waals surface area contributed by atoms with Crippen molar-refractivity contribution in [1.82, 2.24) is 20.1 Å². The molecule has 1 aliphatic carbocycles. The van der Waals surface area contributed by atoms with E-state index in [1.54, 1.807) is 13.3 Å². The third-order valence-electron chi connectivity index (χ3n) is 6.37. The van der Waals surface area contributed by atoms with Gasteiger partial charge in [0.1, 0.15) is 5.75 Å². The lowest BCUT2D eigenvalue weighted by Crippen LogP contribution is -2.20. The Morgan fingerprint density at radius 1 is 0.971 bits per heavy atom. The van der Waals surface area contributed by atoms with Crippen LogP contribution in [0.2, 0.25) is 0 Å². The number of hydrogen-bond donors (Lipinski definition) is 1. The molecule has 174 valence electrons. The third kappa shape index (κ3) is 4.31. The van der Waals surface area contributed by atoms with E-state index in [0.29, 0.717) is 11.7 Å². The molecular formula is C27H29N5O2. The number of nitrogens with two attached hydrogens (primary N) is 1. The van der Waals surface area contributed by atoms with Crippen LogP contribution < -0.4 is 10.5 Å². The maximum Gasteiger partial charge on any atom is 0.247 e. The summed E-state index contributed by atoms with van der Waals surface area (Å²) in [5, 5.41) is 4.11. The van der Waals surface area contributed by atoms with Gasteiger partial charge in [0, 0.05) is 35.1 Å². The molecule has 4 aromatic rings. The Labute approximate surface area is 199 Å². The Bertz CT molecular complexity index is 1290. The highest BCUT2D eigenvalue weighted by molar-refractivity contribution is 5.64. The molecular weight excluding hydrogens is 426 g/mol. The molecule has 0 bridgehead atoms. The Hall–Kier alpha value is -3.58. The molecule has 7 nitrogen and oxygen atoms in total. The van der Waals surface area contributed by atoms with E-state index in [0.717, 1.165) is 41.0 Å². The Kier molecular flexibility index (Phi) is 5.44. The van der Waals surface area contributed by atoms with Crippen molar-refractivity contribution < 1.29 is 9.26 Å². The second-order valence-corrected chi connectivity index (χ2v) is 10.1. The van der Waals surface area contributed by atoms with Crippen LogP contribution in [0, 0.1) is 5.41 Å². The zero-order chi connectivity index (χ0) is 23.9. The highest BCUT2D eigenvalue weighted by Crippen LogP contribution is 2.43. The van der Waals surface area contributed by atoms with Crippen LogP contribution >= 0.6 is 0 Å². The van der Waals surface area contributed by atoms with E-state index in [1.165, 1.54) is 5.56 Å². The average molecular weight is 456 g/mol. The highest BCUT2D eigenvalue weighted by atomic mass is 16.5. The second kappa shape index (κ2) is 8.33. The van der Waals surface area contributed by atoms with E-state index >= 15 is 0 Å². The van der Waals surface area contributed by atoms with Crippen LogP contribution in [0.5, 0.6) is 5.75 Å². The molecule has 0 radical (unpaired) electrons. The van der Waals surface area contributed by atoms with E-state index < -0.39 is 5.54 Å². The average Bonchev–Trinajstić information content (AvgIpc) is 3.38. The summed E-state index contributed by atoms with van der Waals surface area (Å²) >= 11 is 0. The number of ether oxygens (including phenoxy) is 1. The van der Waals surface area contributed by atoms with Crippen LogP contribution in [0.1, 0.15) is 56.7 Å². The fourth-order valence-corrected chi connectivity index (χ4v) is 4.27. The second-order valence-electron chi connectivity index (χ2n) is 10.1. The molecule has 7 heteroatoms. The first-order valence-corrected chi connectivity index (χ1v) is 11.5. The number of pyridine rings is 2. The van der Waals surface area contributed by atoms with Gasteiger partial charge in [0.2, 0.25) is 11.7 Å². The molecule has 1 aromatic carbocycles. The fourth-order valence-electron chi connectivity index (χ4n) is 4.27. The molecule has 3 heterocycles. The number of nitrogens with zero attached hydrogens (tertiary/aromatic N) is 4. The summed E-state index contributed by atoms with van der Waals surface area (Å²) in [7, 11) is 1.65. The van der Waals surface area contributed by atoms with Crippen LogP contribution in [0.15, 0.2) is 65.6 Å². The van der Waals surface area contributed by atoms with Gasteiger partial charge in [0.25, 0.3) is 0 Å². The number of aromatic nitrogens is 4. The van der Waals surface area contributed by atoms with Crippen LogP contribution in [-0.2, 0) is 5.54 Å². The predicted molar refractivity (Wildman–Crippen MR) is 130 cm³/mol. The summed E-state index contributed by atoms with van der Waals surface area (Å²) in [6.45, 7) is 6.69. The van der Waals surface area contributed by atoms with Gasteiger partial charge in [0.15, 0.2) is 0 Å². The topological polar surface area (TPSA) is 100.0 Å². The predicted octanol–water partition coefficient (Wildman–Crippen LogP) is 5.33. The van der Waals surface area contributed by atoms with Gasteiger partial charge in [-0.2, -0.15) is 4.98 Å². The fraction of sp³-hybridized carbons (Fsp3) is 0.333. The van der Waals surface area contributed by atoms with Gasteiger partial charge < -0.3 is 15.0 Å². The molecule has 0 aliphatic heterocycles. The summed E-state index contributed by atoms with van der Waals surface area (Å²) in [6, 6.07) is 14.6. The number of benzene rings is 1. The van der Waals surface area contributed by atoms with Crippen molar-refractivity contribution in [2.75, 3.05) is 7.11 Å². The highest BCUT2D eigenvalue weighted by Gasteiger charge is 2.45. The molecule has 5 rings (SSSR count). The zero-order valence-corrected chi connectivity index (χ0v) is 19.9. The summed E-state index contributed by atoms with van der Waals surface area (Å²) in [4.78, 5) is 13.6. The van der Waals surface area contributed by atoms with Crippen molar-refractivity contribution >= 4 is 0 Å². The van der Waals surface area contributed by atoms with E-state index in [2.05, 4.69) is 66.2 Å². The smallest absolute Gasteiger partial charge is 0.247 e. The third-order valence-corrected chi connectivity index (χ3v) is 6.37. The van der Waals surface area contributed by atoms with Crippen molar-refractivity contribution in [3.8, 4) is 28.3 Å². The molecule has 34 heavy (non-hydrogen) atoms. The molecule has 2 N–H and O–H groups in total. The molecule has 3 aromatic heterocycles. The molecule has 1 atom stereocenters. The van der Waals surface area contributed by atoms with Gasteiger partial charge >= 0.3 is 0 Å². The van der Waals surface area contributed by atoms with Gasteiger partial charge in [-0.1, -0.05) is 50.2 Å². The Morgan fingerprint density at radius 2 is 1.71 bits per heavy atom. The number of rotatable bonds is 6. The van der Waals surface area contributed by atoms with Crippen molar-refractivity contribution in [2.24, 2.45) is 11.1 Å². The summed E-state index contributed by atoms with van der Waals surface area (Å²) in [5.41, 5.74) is 10.8. The summed E-state index contributed by atoms with van der Waals surface area (Å²) in [6.07, 6.45) is 7.13. The zero-order valence-electron chi connectivity index (χ0n) is 19.9. The Morgan fingerprint density at radius 3 is 2.32 bits per heavy atom. The van der Waals surface area contributed by atoms with Crippen molar-refractivity contribution in [3.63, 3.8) is 0 Å². The summed E-state index contributed by atoms with van der Waals surface area (Å²) in [5.74, 6) is 1.88. The quantitative estimate of drug-likeness (QED) is 0.419. The van der Waals surface area contributed by atoms with E-state index in [-0.39, 0.29) is 11.3 Å². The minimum Gasteiger partial charge on any atom is -0.495 e. The maximum atomic E-state index is 6.18. The first-order valence-electron chi connectivity index (χ1n) is 11.5. The van der Waals surface area contributed by atoms with E-state index in [1.807, 2.05) is 24.5 Å². The largest absolute Gasteiger partial charge is 0.495 e. The van der Waals surface area contributed by atoms with Gasteiger partial charge in [-0.25, -0.2) is 0 Å². The van der Waals surface area contributed by atoms with E-state index in [9.17, 15) is 0 Å². The molecule has 1 saturated carbocycles. The van der Waals surface area contributed by atoms with Crippen LogP contribution in [0.3, 0.4) is 0 Å². The molecule has 1 fully saturated rings. The lowest BCUT2D eigenvalue weighted by atomic mass is 9.74. The molecule has 1 aliphatic rings. The summed E-state index contributed by atoms with van der Waals surface area (Å²) < 4.78 is 10.7. The van der Waals surface area contributed by atoms with Crippen molar-refractivity contribution in [1.29, 1.82) is 0 Å². The van der Waals surface area contributed by atoms with Gasteiger partial charge in [-0.05, 0) is 47.6 Å². The lowest BCUT2D eigenvalue weighted by molar-refractivity contribution is 0.348. The van der Waals surface area contributed by atoms with Crippen LogP contribution in [0.4, 0.5) is 0 Å². The monoisotopic (exact) mass is 455 g/mol. The van der Waals surface area contributed by atoms with Crippen LogP contribution in [-0.4, -0.2) is 27.2 Å². The Balaban J connectivity index is 1.42. The van der Waals surface area contributed by atoms with Gasteiger partial charge in [-0.3, -0.25) is 9.97 Å². The minimum absolute atomic E-state index is 0.0369. The molecule has 0 spiro atoms. The normalized spacial score (nSPS) is 15.7. The molecule has 0 saturated heterocycles. The van der Waals surface area contributed by atoms with Crippen LogP contribution in [0.25, 0.3) is 22.5 Å². The standard InChI is InChI=1S/C27H29N5O2/c1-26(2,3)23(18-7-5-17(6-8-18)20-13-21(33-4)16-29-14-20)22-10-9-19(15-30-22)24-31-25(34-32-24)27(28)11-12-27/h5-10,13-16,23H,11-12,28H2,1-4H3.